The van der Waals surface area contributed by atoms with Crippen LogP contribution in [0.15, 0.2) is 71.8 Å². The Morgan fingerprint density at radius 1 is 1.04 bits per heavy atom. The Bertz CT molecular complexity index is 1250. The number of imidazole rings is 1. The van der Waals surface area contributed by atoms with Crippen molar-refractivity contribution in [3.63, 3.8) is 0 Å². The number of methoxy groups -OCH3 is 1. The predicted octanol–water partition coefficient (Wildman–Crippen LogP) is 3.86. The van der Waals surface area contributed by atoms with Crippen molar-refractivity contribution in [2.75, 3.05) is 11.8 Å². The molecule has 4 rings (SSSR count). The number of nitrogens with one attached hydrogen (secondary N) is 1. The van der Waals surface area contributed by atoms with Gasteiger partial charge in [-0.1, -0.05) is 35.9 Å². The highest BCUT2D eigenvalue weighted by molar-refractivity contribution is 7.92. The molecule has 0 unspecified atom stereocenters. The normalized spacial score (nSPS) is 11.5. The third kappa shape index (κ3) is 3.51. The highest BCUT2D eigenvalue weighted by Crippen LogP contribution is 2.25. The highest BCUT2D eigenvalue weighted by atomic mass is 35.5. The van der Waals surface area contributed by atoms with Gasteiger partial charge in [0.1, 0.15) is 4.90 Å². The fraction of sp³-hybridized carbons (Fsp3) is 0.0526. The van der Waals surface area contributed by atoms with Crippen LogP contribution in [0.3, 0.4) is 0 Å². The Hall–Kier alpha value is -3.10. The van der Waals surface area contributed by atoms with E-state index in [4.69, 9.17) is 16.3 Å². The minimum absolute atomic E-state index is 0.0288. The fourth-order valence-electron chi connectivity index (χ4n) is 2.69. The SMILES string of the molecule is COc1ccc2nc(-c3ccc(NS(=O)(=O)c4ccccc4Cl)cc3)cn2n1. The third-order valence-corrected chi connectivity index (χ3v) is 5.94. The van der Waals surface area contributed by atoms with Crippen LogP contribution in [0, 0.1) is 0 Å². The van der Waals surface area contributed by atoms with E-state index in [2.05, 4.69) is 14.8 Å². The highest BCUT2D eigenvalue weighted by Gasteiger charge is 2.17. The fourth-order valence-corrected chi connectivity index (χ4v) is 4.27. The van der Waals surface area contributed by atoms with Crippen molar-refractivity contribution in [1.29, 1.82) is 0 Å². The van der Waals surface area contributed by atoms with Crippen LogP contribution in [-0.4, -0.2) is 30.1 Å². The molecule has 0 aliphatic heterocycles. The van der Waals surface area contributed by atoms with Gasteiger partial charge in [-0.15, -0.1) is 5.10 Å². The molecule has 0 fully saturated rings. The molecule has 0 spiro atoms. The van der Waals surface area contributed by atoms with Gasteiger partial charge in [-0.25, -0.2) is 17.9 Å². The molecule has 28 heavy (non-hydrogen) atoms. The van der Waals surface area contributed by atoms with Gasteiger partial charge in [-0.2, -0.15) is 0 Å². The number of sulfonamides is 1. The van der Waals surface area contributed by atoms with Gasteiger partial charge in [-0.05, 0) is 30.3 Å². The molecule has 0 radical (unpaired) electrons. The van der Waals surface area contributed by atoms with Gasteiger partial charge in [0, 0.05) is 17.3 Å². The number of hydrogen-bond donors (Lipinski definition) is 1. The summed E-state index contributed by atoms with van der Waals surface area (Å²) < 4.78 is 34.3. The van der Waals surface area contributed by atoms with E-state index in [0.717, 1.165) is 5.56 Å². The number of benzene rings is 2. The summed E-state index contributed by atoms with van der Waals surface area (Å²) in [6.45, 7) is 0. The first-order valence-electron chi connectivity index (χ1n) is 8.24. The van der Waals surface area contributed by atoms with Crippen LogP contribution >= 0.6 is 11.6 Å². The lowest BCUT2D eigenvalue weighted by molar-refractivity contribution is 0.390. The Labute approximate surface area is 166 Å². The minimum atomic E-state index is -3.78. The second-order valence-corrected chi connectivity index (χ2v) is 7.98. The van der Waals surface area contributed by atoms with Crippen molar-refractivity contribution < 1.29 is 13.2 Å². The average molecular weight is 415 g/mol. The lowest BCUT2D eigenvalue weighted by Gasteiger charge is -2.09. The topological polar surface area (TPSA) is 85.6 Å². The quantitative estimate of drug-likeness (QED) is 0.536. The first-order chi connectivity index (χ1) is 13.5. The zero-order chi connectivity index (χ0) is 19.7. The van der Waals surface area contributed by atoms with E-state index in [9.17, 15) is 8.42 Å². The number of nitrogens with zero attached hydrogens (tertiary/aromatic N) is 3. The number of ether oxygens (including phenoxy) is 1. The molecule has 0 saturated heterocycles. The van der Waals surface area contributed by atoms with Gasteiger partial charge in [-0.3, -0.25) is 4.72 Å². The molecule has 1 N–H and O–H groups in total. The molecule has 142 valence electrons. The van der Waals surface area contributed by atoms with Gasteiger partial charge in [0.05, 0.1) is 24.0 Å². The van der Waals surface area contributed by atoms with E-state index >= 15 is 0 Å². The monoisotopic (exact) mass is 414 g/mol. The Balaban J connectivity index is 1.60. The standard InChI is InChI=1S/C19H15ClN4O3S/c1-27-19-11-10-18-21-16(12-24(18)22-19)13-6-8-14(9-7-13)23-28(25,26)17-5-3-2-4-15(17)20/h2-12,23H,1H3. The molecular weight excluding hydrogens is 400 g/mol. The molecule has 0 atom stereocenters. The maximum absolute atomic E-state index is 12.5. The number of halogens is 1. The van der Waals surface area contributed by atoms with E-state index in [1.165, 1.54) is 12.1 Å². The molecule has 0 aliphatic rings. The zero-order valence-corrected chi connectivity index (χ0v) is 16.3. The van der Waals surface area contributed by atoms with Crippen LogP contribution in [0.4, 0.5) is 5.69 Å². The third-order valence-electron chi connectivity index (χ3n) is 4.06. The summed E-state index contributed by atoms with van der Waals surface area (Å²) >= 11 is 6.00. The number of anilines is 1. The zero-order valence-electron chi connectivity index (χ0n) is 14.7. The second-order valence-electron chi connectivity index (χ2n) is 5.92. The predicted molar refractivity (Wildman–Crippen MR) is 107 cm³/mol. The van der Waals surface area contributed by atoms with Crippen LogP contribution in [-0.2, 0) is 10.0 Å². The summed E-state index contributed by atoms with van der Waals surface area (Å²) in [5.74, 6) is 0.487. The molecule has 0 saturated carbocycles. The number of hydrogen-bond acceptors (Lipinski definition) is 5. The van der Waals surface area contributed by atoms with E-state index in [0.29, 0.717) is 22.9 Å². The molecule has 2 heterocycles. The van der Waals surface area contributed by atoms with Gasteiger partial charge in [0.25, 0.3) is 10.0 Å². The molecule has 4 aromatic rings. The van der Waals surface area contributed by atoms with Crippen molar-refractivity contribution in [2.24, 2.45) is 0 Å². The Morgan fingerprint density at radius 2 is 1.79 bits per heavy atom. The molecule has 0 amide bonds. The van der Waals surface area contributed by atoms with Gasteiger partial charge in [0.15, 0.2) is 5.65 Å². The van der Waals surface area contributed by atoms with Crippen LogP contribution < -0.4 is 9.46 Å². The number of aromatic nitrogens is 3. The summed E-state index contributed by atoms with van der Waals surface area (Å²) in [6.07, 6.45) is 1.78. The van der Waals surface area contributed by atoms with Crippen molar-refractivity contribution in [3.05, 3.63) is 71.9 Å². The maximum Gasteiger partial charge on any atom is 0.263 e. The summed E-state index contributed by atoms with van der Waals surface area (Å²) in [7, 11) is -2.23. The van der Waals surface area contributed by atoms with Gasteiger partial charge in [0.2, 0.25) is 5.88 Å². The lowest BCUT2D eigenvalue weighted by Crippen LogP contribution is -2.13. The lowest BCUT2D eigenvalue weighted by atomic mass is 10.1. The van der Waals surface area contributed by atoms with E-state index < -0.39 is 10.0 Å². The van der Waals surface area contributed by atoms with Crippen molar-refractivity contribution >= 4 is 33.0 Å². The van der Waals surface area contributed by atoms with Crippen molar-refractivity contribution in [2.45, 2.75) is 4.90 Å². The van der Waals surface area contributed by atoms with E-state index in [1.807, 2.05) is 0 Å². The summed E-state index contributed by atoms with van der Waals surface area (Å²) in [6, 6.07) is 16.7. The largest absolute Gasteiger partial charge is 0.480 e. The molecule has 0 bridgehead atoms. The van der Waals surface area contributed by atoms with Crippen molar-refractivity contribution in [1.82, 2.24) is 14.6 Å². The molecule has 9 heteroatoms. The molecule has 7 nitrogen and oxygen atoms in total. The smallest absolute Gasteiger partial charge is 0.263 e. The Morgan fingerprint density at radius 3 is 2.50 bits per heavy atom. The molecule has 0 aliphatic carbocycles. The Kier molecular flexibility index (Phi) is 4.66. The summed E-state index contributed by atoms with van der Waals surface area (Å²) in [4.78, 5) is 4.54. The summed E-state index contributed by atoms with van der Waals surface area (Å²) in [5, 5.41) is 4.44. The van der Waals surface area contributed by atoms with Crippen LogP contribution in [0.5, 0.6) is 5.88 Å². The second kappa shape index (κ2) is 7.14. The van der Waals surface area contributed by atoms with Gasteiger partial charge >= 0.3 is 0 Å². The first-order valence-corrected chi connectivity index (χ1v) is 10.1. The maximum atomic E-state index is 12.5. The first kappa shape index (κ1) is 18.3. The van der Waals surface area contributed by atoms with Crippen LogP contribution in [0.2, 0.25) is 5.02 Å². The van der Waals surface area contributed by atoms with Crippen LogP contribution in [0.25, 0.3) is 16.9 Å². The van der Waals surface area contributed by atoms with Gasteiger partial charge < -0.3 is 4.74 Å². The molecular formula is C19H15ClN4O3S. The molecule has 2 aromatic heterocycles. The minimum Gasteiger partial charge on any atom is -0.480 e. The number of fused-ring (bicyclic) bond motifs is 1. The van der Waals surface area contributed by atoms with Crippen molar-refractivity contribution in [3.8, 4) is 17.1 Å². The molecule has 2 aromatic carbocycles. The van der Waals surface area contributed by atoms with E-state index in [1.54, 1.807) is 66.4 Å². The van der Waals surface area contributed by atoms with E-state index in [-0.39, 0.29) is 9.92 Å². The summed E-state index contributed by atoms with van der Waals surface area (Å²) in [5.41, 5.74) is 2.64. The number of rotatable bonds is 5. The van der Waals surface area contributed by atoms with Crippen LogP contribution in [0.1, 0.15) is 0 Å². The average Bonchev–Trinajstić information content (AvgIpc) is 3.11.